The van der Waals surface area contributed by atoms with Crippen LogP contribution in [-0.4, -0.2) is 28.2 Å². The minimum atomic E-state index is 0.205. The molecule has 1 fully saturated rings. The normalized spacial score (nSPS) is 19.5. The van der Waals surface area contributed by atoms with Gasteiger partial charge in [-0.3, -0.25) is 0 Å². The van der Waals surface area contributed by atoms with Gasteiger partial charge in [0.2, 0.25) is 5.89 Å². The second-order valence-corrected chi connectivity index (χ2v) is 5.88. The fourth-order valence-corrected chi connectivity index (χ4v) is 3.11. The zero-order valence-electron chi connectivity index (χ0n) is 10.9. The number of rotatable bonds is 3. The van der Waals surface area contributed by atoms with E-state index in [1.54, 1.807) is 0 Å². The molecule has 5 heteroatoms. The highest BCUT2D eigenvalue weighted by atomic mass is 32.2. The predicted octanol–water partition coefficient (Wildman–Crippen LogP) is 2.35. The summed E-state index contributed by atoms with van der Waals surface area (Å²) < 4.78 is 5.38. The lowest BCUT2D eigenvalue weighted by atomic mass is 10.1. The number of hydrogen-bond donors (Lipinski definition) is 1. The van der Waals surface area contributed by atoms with Crippen LogP contribution in [0.5, 0.6) is 0 Å². The van der Waals surface area contributed by atoms with Crippen LogP contribution in [0, 0.1) is 6.92 Å². The van der Waals surface area contributed by atoms with E-state index in [1.807, 2.05) is 23.9 Å². The summed E-state index contributed by atoms with van der Waals surface area (Å²) >= 11 is 1.92. The molecule has 100 valence electrons. The van der Waals surface area contributed by atoms with Crippen molar-refractivity contribution in [3.8, 4) is 0 Å². The lowest BCUT2D eigenvalue weighted by molar-refractivity contribution is 0.339. The maximum Gasteiger partial charge on any atom is 0.244 e. The smallest absolute Gasteiger partial charge is 0.244 e. The Morgan fingerprint density at radius 2 is 2.32 bits per heavy atom. The van der Waals surface area contributed by atoms with Crippen LogP contribution in [0.1, 0.15) is 28.9 Å². The van der Waals surface area contributed by atoms with E-state index in [0.29, 0.717) is 0 Å². The standard InChI is InChI=1S/C14H17N3OS/c1-10-4-2-3-5-11(10)8-13-16-14(18-17-13)12-9-19-7-6-15-12/h2-5,12,15H,6-9H2,1H3. The van der Waals surface area contributed by atoms with Crippen molar-refractivity contribution in [1.29, 1.82) is 0 Å². The number of hydrogen-bond acceptors (Lipinski definition) is 5. The number of benzene rings is 1. The highest BCUT2D eigenvalue weighted by Gasteiger charge is 2.21. The molecule has 2 heterocycles. The van der Waals surface area contributed by atoms with Gasteiger partial charge in [-0.05, 0) is 18.1 Å². The van der Waals surface area contributed by atoms with E-state index in [9.17, 15) is 0 Å². The lowest BCUT2D eigenvalue weighted by Gasteiger charge is -2.19. The molecule has 0 saturated carbocycles. The average Bonchev–Trinajstić information content (AvgIpc) is 2.91. The number of nitrogens with one attached hydrogen (secondary N) is 1. The number of aromatic nitrogens is 2. The molecule has 0 spiro atoms. The first-order valence-electron chi connectivity index (χ1n) is 6.51. The lowest BCUT2D eigenvalue weighted by Crippen LogP contribution is -2.30. The molecule has 0 bridgehead atoms. The van der Waals surface area contributed by atoms with Gasteiger partial charge in [0.05, 0.1) is 6.04 Å². The van der Waals surface area contributed by atoms with Crippen LogP contribution in [0.25, 0.3) is 0 Å². The van der Waals surface area contributed by atoms with Crippen molar-refractivity contribution >= 4 is 11.8 Å². The molecule has 1 N–H and O–H groups in total. The van der Waals surface area contributed by atoms with Gasteiger partial charge in [0.25, 0.3) is 0 Å². The first-order valence-corrected chi connectivity index (χ1v) is 7.66. The van der Waals surface area contributed by atoms with E-state index in [0.717, 1.165) is 36.2 Å². The third-order valence-electron chi connectivity index (χ3n) is 3.31. The SMILES string of the molecule is Cc1ccccc1Cc1noc(C2CSCCN2)n1. The minimum absolute atomic E-state index is 0.205. The second-order valence-electron chi connectivity index (χ2n) is 4.73. The summed E-state index contributed by atoms with van der Waals surface area (Å²) in [6, 6.07) is 8.51. The highest BCUT2D eigenvalue weighted by Crippen LogP contribution is 2.21. The van der Waals surface area contributed by atoms with Crippen molar-refractivity contribution in [3.05, 3.63) is 47.1 Å². The van der Waals surface area contributed by atoms with E-state index in [2.05, 4.69) is 34.5 Å². The third kappa shape index (κ3) is 2.98. The van der Waals surface area contributed by atoms with Gasteiger partial charge in [-0.1, -0.05) is 29.4 Å². The van der Waals surface area contributed by atoms with Crippen LogP contribution >= 0.6 is 11.8 Å². The van der Waals surface area contributed by atoms with E-state index >= 15 is 0 Å². The quantitative estimate of drug-likeness (QED) is 0.932. The molecule has 1 unspecified atom stereocenters. The molecule has 0 aliphatic carbocycles. The maximum atomic E-state index is 5.38. The fourth-order valence-electron chi connectivity index (χ4n) is 2.18. The van der Waals surface area contributed by atoms with Gasteiger partial charge in [-0.2, -0.15) is 16.7 Å². The topological polar surface area (TPSA) is 51.0 Å². The monoisotopic (exact) mass is 275 g/mol. The summed E-state index contributed by atoms with van der Waals surface area (Å²) in [5, 5.41) is 7.50. The molecule has 0 radical (unpaired) electrons. The fraction of sp³-hybridized carbons (Fsp3) is 0.429. The Morgan fingerprint density at radius 1 is 1.42 bits per heavy atom. The van der Waals surface area contributed by atoms with Crippen molar-refractivity contribution < 1.29 is 4.52 Å². The van der Waals surface area contributed by atoms with Crippen LogP contribution < -0.4 is 5.32 Å². The van der Waals surface area contributed by atoms with Crippen LogP contribution in [0.2, 0.25) is 0 Å². The maximum absolute atomic E-state index is 5.38. The zero-order chi connectivity index (χ0) is 13.1. The molecule has 1 aromatic heterocycles. The second kappa shape index (κ2) is 5.75. The molecular formula is C14H17N3OS. The molecule has 19 heavy (non-hydrogen) atoms. The van der Waals surface area contributed by atoms with E-state index in [-0.39, 0.29) is 6.04 Å². The largest absolute Gasteiger partial charge is 0.338 e. The molecule has 1 saturated heterocycles. The summed E-state index contributed by atoms with van der Waals surface area (Å²) in [6.45, 7) is 3.11. The zero-order valence-corrected chi connectivity index (χ0v) is 11.7. The van der Waals surface area contributed by atoms with Crippen molar-refractivity contribution in [2.45, 2.75) is 19.4 Å². The first-order chi connectivity index (χ1) is 9.33. The number of nitrogens with zero attached hydrogens (tertiary/aromatic N) is 2. The van der Waals surface area contributed by atoms with Crippen molar-refractivity contribution in [1.82, 2.24) is 15.5 Å². The average molecular weight is 275 g/mol. The van der Waals surface area contributed by atoms with Gasteiger partial charge < -0.3 is 9.84 Å². The Balaban J connectivity index is 1.73. The molecule has 1 aliphatic heterocycles. The van der Waals surface area contributed by atoms with Crippen molar-refractivity contribution in [3.63, 3.8) is 0 Å². The molecule has 2 aromatic rings. The van der Waals surface area contributed by atoms with Gasteiger partial charge >= 0.3 is 0 Å². The Kier molecular flexibility index (Phi) is 3.84. The van der Waals surface area contributed by atoms with E-state index < -0.39 is 0 Å². The Bertz CT molecular complexity index is 549. The Hall–Kier alpha value is -1.33. The van der Waals surface area contributed by atoms with Gasteiger partial charge in [0.15, 0.2) is 5.82 Å². The summed E-state index contributed by atoms with van der Waals surface area (Å²) in [7, 11) is 0. The molecule has 1 atom stereocenters. The molecule has 0 amide bonds. The van der Waals surface area contributed by atoms with Gasteiger partial charge in [-0.25, -0.2) is 0 Å². The highest BCUT2D eigenvalue weighted by molar-refractivity contribution is 7.99. The van der Waals surface area contributed by atoms with Crippen molar-refractivity contribution in [2.75, 3.05) is 18.1 Å². The van der Waals surface area contributed by atoms with Crippen LogP contribution in [0.3, 0.4) is 0 Å². The Morgan fingerprint density at radius 3 is 3.11 bits per heavy atom. The van der Waals surface area contributed by atoms with Crippen LogP contribution in [0.4, 0.5) is 0 Å². The molecule has 1 aliphatic rings. The van der Waals surface area contributed by atoms with Gasteiger partial charge in [0, 0.05) is 24.5 Å². The van der Waals surface area contributed by atoms with Gasteiger partial charge in [0.1, 0.15) is 0 Å². The molecule has 3 rings (SSSR count). The summed E-state index contributed by atoms with van der Waals surface area (Å²) in [6.07, 6.45) is 0.732. The van der Waals surface area contributed by atoms with Gasteiger partial charge in [-0.15, -0.1) is 0 Å². The molecule has 4 nitrogen and oxygen atoms in total. The molecular weight excluding hydrogens is 258 g/mol. The van der Waals surface area contributed by atoms with E-state index in [1.165, 1.54) is 11.1 Å². The first kappa shape index (κ1) is 12.7. The third-order valence-corrected chi connectivity index (χ3v) is 4.38. The van der Waals surface area contributed by atoms with Crippen LogP contribution in [0.15, 0.2) is 28.8 Å². The summed E-state index contributed by atoms with van der Waals surface area (Å²) in [4.78, 5) is 4.52. The summed E-state index contributed by atoms with van der Waals surface area (Å²) in [5.41, 5.74) is 2.51. The van der Waals surface area contributed by atoms with Crippen LogP contribution in [-0.2, 0) is 6.42 Å². The minimum Gasteiger partial charge on any atom is -0.338 e. The molecule has 1 aromatic carbocycles. The number of aryl methyl sites for hydroxylation is 1. The number of thioether (sulfide) groups is 1. The van der Waals surface area contributed by atoms with E-state index in [4.69, 9.17) is 4.52 Å². The van der Waals surface area contributed by atoms with Crippen molar-refractivity contribution in [2.24, 2.45) is 0 Å². The Labute approximate surface area is 117 Å². The predicted molar refractivity (Wildman–Crippen MR) is 76.4 cm³/mol. The summed E-state index contributed by atoms with van der Waals surface area (Å²) in [5.74, 6) is 3.64.